The van der Waals surface area contributed by atoms with Gasteiger partial charge < -0.3 is 10.6 Å². The van der Waals surface area contributed by atoms with E-state index in [1.807, 2.05) is 7.05 Å². The largest absolute Gasteiger partial charge is 0.355 e. The fraction of sp³-hybridized carbons (Fsp3) is 0.909. The van der Waals surface area contributed by atoms with Crippen LogP contribution in [0.3, 0.4) is 0 Å². The monoisotopic (exact) mass is 236 g/mol. The smallest absolute Gasteiger partial charge is 0.220 e. The lowest BCUT2D eigenvalue weighted by atomic mass is 9.90. The Labute approximate surface area is 99.8 Å². The molecule has 0 aliphatic heterocycles. The second kappa shape index (κ2) is 8.98. The van der Waals surface area contributed by atoms with Crippen molar-refractivity contribution in [1.82, 2.24) is 10.6 Å². The lowest BCUT2D eigenvalue weighted by molar-refractivity contribution is -0.121. The molecule has 0 radical (unpaired) electrons. The molecular weight excluding hydrogens is 212 g/mol. The summed E-state index contributed by atoms with van der Waals surface area (Å²) in [5, 5.41) is 5.86. The molecule has 0 aliphatic rings. The van der Waals surface area contributed by atoms with Crippen molar-refractivity contribution in [2.75, 3.05) is 20.1 Å². The van der Waals surface area contributed by atoms with E-state index in [2.05, 4.69) is 31.4 Å². The Bertz CT molecular complexity index is 166. The highest BCUT2D eigenvalue weighted by atomic mass is 35.5. The van der Waals surface area contributed by atoms with E-state index in [1.54, 1.807) is 0 Å². The van der Waals surface area contributed by atoms with Crippen LogP contribution in [0, 0.1) is 5.41 Å². The average Bonchev–Trinajstić information content (AvgIpc) is 2.02. The summed E-state index contributed by atoms with van der Waals surface area (Å²) in [5.74, 6) is 0.171. The zero-order valence-corrected chi connectivity index (χ0v) is 11.2. The Hall–Kier alpha value is -0.280. The van der Waals surface area contributed by atoms with Gasteiger partial charge in [0.1, 0.15) is 0 Å². The first-order valence-corrected chi connectivity index (χ1v) is 5.37. The van der Waals surface area contributed by atoms with Gasteiger partial charge in [0.2, 0.25) is 5.91 Å². The van der Waals surface area contributed by atoms with E-state index in [-0.39, 0.29) is 18.3 Å². The normalized spacial score (nSPS) is 10.7. The average molecular weight is 237 g/mol. The van der Waals surface area contributed by atoms with Crippen LogP contribution in [0.15, 0.2) is 0 Å². The number of carbonyl (C=O) groups excluding carboxylic acids is 1. The van der Waals surface area contributed by atoms with Crippen molar-refractivity contribution in [1.29, 1.82) is 0 Å². The van der Waals surface area contributed by atoms with Gasteiger partial charge in [0, 0.05) is 19.5 Å². The van der Waals surface area contributed by atoms with Gasteiger partial charge in [0.15, 0.2) is 0 Å². The Morgan fingerprint density at radius 2 is 1.80 bits per heavy atom. The Kier molecular flexibility index (Phi) is 10.3. The van der Waals surface area contributed by atoms with Crippen LogP contribution in [0.2, 0.25) is 0 Å². The van der Waals surface area contributed by atoms with E-state index in [1.165, 1.54) is 0 Å². The fourth-order valence-corrected chi connectivity index (χ4v) is 1.19. The predicted molar refractivity (Wildman–Crippen MR) is 67.5 cm³/mol. The molecule has 0 aromatic carbocycles. The molecule has 0 saturated heterocycles. The second-order valence-corrected chi connectivity index (χ2v) is 4.87. The van der Waals surface area contributed by atoms with Crippen molar-refractivity contribution in [2.24, 2.45) is 5.41 Å². The van der Waals surface area contributed by atoms with Crippen molar-refractivity contribution in [2.45, 2.75) is 40.0 Å². The number of amides is 1. The first-order valence-electron chi connectivity index (χ1n) is 5.37. The molecule has 0 rings (SSSR count). The Morgan fingerprint density at radius 3 is 2.27 bits per heavy atom. The minimum absolute atomic E-state index is 0. The highest BCUT2D eigenvalue weighted by molar-refractivity contribution is 5.85. The second-order valence-electron chi connectivity index (χ2n) is 4.87. The van der Waals surface area contributed by atoms with Gasteiger partial charge in [0.05, 0.1) is 0 Å². The molecule has 0 heterocycles. The predicted octanol–water partition coefficient (Wildman–Crippen LogP) is 1.96. The van der Waals surface area contributed by atoms with Crippen molar-refractivity contribution >= 4 is 18.3 Å². The van der Waals surface area contributed by atoms with E-state index >= 15 is 0 Å². The first-order chi connectivity index (χ1) is 6.45. The first kappa shape index (κ1) is 17.1. The molecule has 0 saturated carbocycles. The van der Waals surface area contributed by atoms with E-state index in [0.717, 1.165) is 25.9 Å². The third kappa shape index (κ3) is 13.7. The van der Waals surface area contributed by atoms with Crippen LogP contribution < -0.4 is 10.6 Å². The molecule has 0 aromatic rings. The molecule has 0 fully saturated rings. The lowest BCUT2D eigenvalue weighted by Crippen LogP contribution is -2.30. The van der Waals surface area contributed by atoms with Crippen LogP contribution >= 0.6 is 12.4 Å². The number of nitrogens with one attached hydrogen (secondary N) is 2. The van der Waals surface area contributed by atoms with Crippen LogP contribution in [0.25, 0.3) is 0 Å². The maximum absolute atomic E-state index is 11.3. The van der Waals surface area contributed by atoms with Gasteiger partial charge in [-0.15, -0.1) is 12.4 Å². The van der Waals surface area contributed by atoms with Crippen LogP contribution in [-0.4, -0.2) is 26.0 Å². The van der Waals surface area contributed by atoms with Crippen molar-refractivity contribution in [3.8, 4) is 0 Å². The Balaban J connectivity index is 0. The number of rotatable bonds is 6. The minimum atomic E-state index is 0. The van der Waals surface area contributed by atoms with Gasteiger partial charge >= 0.3 is 0 Å². The van der Waals surface area contributed by atoms with Crippen LogP contribution in [0.1, 0.15) is 40.0 Å². The molecule has 3 nitrogen and oxygen atoms in total. The number of hydrogen-bond acceptors (Lipinski definition) is 2. The summed E-state index contributed by atoms with van der Waals surface area (Å²) in [4.78, 5) is 11.3. The summed E-state index contributed by atoms with van der Waals surface area (Å²) in [6, 6.07) is 0. The molecule has 0 atom stereocenters. The number of hydrogen-bond donors (Lipinski definition) is 2. The highest BCUT2D eigenvalue weighted by Gasteiger charge is 2.10. The molecule has 0 aromatic heterocycles. The van der Waals surface area contributed by atoms with E-state index in [9.17, 15) is 4.79 Å². The van der Waals surface area contributed by atoms with Crippen molar-refractivity contribution in [3.05, 3.63) is 0 Å². The van der Waals surface area contributed by atoms with Crippen LogP contribution in [-0.2, 0) is 4.79 Å². The SMILES string of the molecule is CNCCNC(=O)CCCC(C)(C)C.Cl. The maximum Gasteiger partial charge on any atom is 0.220 e. The zero-order chi connectivity index (χ0) is 11.0. The maximum atomic E-state index is 11.3. The molecule has 0 unspecified atom stereocenters. The molecule has 4 heteroatoms. The summed E-state index contributed by atoms with van der Waals surface area (Å²) in [5.41, 5.74) is 0.339. The molecule has 0 aliphatic carbocycles. The zero-order valence-electron chi connectivity index (χ0n) is 10.4. The van der Waals surface area contributed by atoms with Crippen LogP contribution in [0.5, 0.6) is 0 Å². The Morgan fingerprint density at radius 1 is 1.20 bits per heavy atom. The molecule has 0 spiro atoms. The van der Waals surface area contributed by atoms with Gasteiger partial charge in [-0.3, -0.25) is 4.79 Å². The summed E-state index contributed by atoms with van der Waals surface area (Å²) in [6.07, 6.45) is 2.74. The fourth-order valence-electron chi connectivity index (χ4n) is 1.19. The molecule has 1 amide bonds. The summed E-state index contributed by atoms with van der Waals surface area (Å²) >= 11 is 0. The molecule has 92 valence electrons. The minimum Gasteiger partial charge on any atom is -0.355 e. The highest BCUT2D eigenvalue weighted by Crippen LogP contribution is 2.21. The topological polar surface area (TPSA) is 41.1 Å². The van der Waals surface area contributed by atoms with Crippen molar-refractivity contribution < 1.29 is 4.79 Å². The number of carbonyl (C=O) groups is 1. The molecule has 2 N–H and O–H groups in total. The van der Waals surface area contributed by atoms with E-state index in [4.69, 9.17) is 0 Å². The third-order valence-electron chi connectivity index (χ3n) is 2.03. The number of likely N-dealkylation sites (N-methyl/N-ethyl adjacent to an activating group) is 1. The third-order valence-corrected chi connectivity index (χ3v) is 2.03. The van der Waals surface area contributed by atoms with Gasteiger partial charge in [0.25, 0.3) is 0 Å². The van der Waals surface area contributed by atoms with Crippen molar-refractivity contribution in [3.63, 3.8) is 0 Å². The van der Waals surface area contributed by atoms with Gasteiger partial charge in [-0.1, -0.05) is 20.8 Å². The quantitative estimate of drug-likeness (QED) is 0.693. The van der Waals surface area contributed by atoms with E-state index < -0.39 is 0 Å². The summed E-state index contributed by atoms with van der Waals surface area (Å²) in [6.45, 7) is 8.17. The molecular formula is C11H25ClN2O. The van der Waals surface area contributed by atoms with Gasteiger partial charge in [-0.2, -0.15) is 0 Å². The summed E-state index contributed by atoms with van der Waals surface area (Å²) in [7, 11) is 1.88. The van der Waals surface area contributed by atoms with E-state index in [0.29, 0.717) is 11.8 Å². The standard InChI is InChI=1S/C11H24N2O.ClH/c1-11(2,3)7-5-6-10(14)13-9-8-12-4;/h12H,5-9H2,1-4H3,(H,13,14);1H. The van der Waals surface area contributed by atoms with Gasteiger partial charge in [-0.25, -0.2) is 0 Å². The molecule has 15 heavy (non-hydrogen) atoms. The lowest BCUT2D eigenvalue weighted by Gasteiger charge is -2.17. The molecule has 0 bridgehead atoms. The van der Waals surface area contributed by atoms with Crippen LogP contribution in [0.4, 0.5) is 0 Å². The van der Waals surface area contributed by atoms with Gasteiger partial charge in [-0.05, 0) is 25.3 Å². The summed E-state index contributed by atoms with van der Waals surface area (Å²) < 4.78 is 0. The number of halogens is 1.